The quantitative estimate of drug-likeness (QED) is 0.695. The molecule has 4 N–H and O–H groups in total. The Morgan fingerprint density at radius 3 is 2.41 bits per heavy atom. The predicted molar refractivity (Wildman–Crippen MR) is 69.1 cm³/mol. The molecule has 0 aromatic rings. The van der Waals surface area contributed by atoms with E-state index in [1.807, 2.05) is 6.92 Å². The largest absolute Gasteiger partial charge is 0.393 e. The van der Waals surface area contributed by atoms with Gasteiger partial charge >= 0.3 is 0 Å². The molecule has 2 atom stereocenters. The first kappa shape index (κ1) is 13.9. The minimum atomic E-state index is -0.621. The Morgan fingerprint density at radius 1 is 1.47 bits per heavy atom. The molecule has 1 saturated heterocycles. The molecule has 1 rings (SSSR count). The van der Waals surface area contributed by atoms with E-state index >= 15 is 0 Å². The third kappa shape index (κ3) is 2.74. The second-order valence-corrected chi connectivity index (χ2v) is 5.27. The van der Waals surface area contributed by atoms with Gasteiger partial charge < -0.3 is 16.4 Å². The maximum absolute atomic E-state index is 12.1. The number of hydrogen-bond acceptors (Lipinski definition) is 3. The summed E-state index contributed by atoms with van der Waals surface area (Å²) in [5.41, 5.74) is 10.2. The minimum Gasteiger partial charge on any atom is -0.393 e. The number of hydrogen-bond donors (Lipinski definition) is 2. The van der Waals surface area contributed by atoms with Crippen molar-refractivity contribution in [1.82, 2.24) is 4.90 Å². The van der Waals surface area contributed by atoms with Crippen LogP contribution in [0.5, 0.6) is 0 Å². The van der Waals surface area contributed by atoms with Crippen molar-refractivity contribution in [2.24, 2.45) is 22.8 Å². The molecule has 0 saturated carbocycles. The van der Waals surface area contributed by atoms with Crippen LogP contribution in [0.4, 0.5) is 0 Å². The summed E-state index contributed by atoms with van der Waals surface area (Å²) in [5.74, 6) is -0.888. The number of nitrogens with zero attached hydrogens (tertiary/aromatic N) is 1. The summed E-state index contributed by atoms with van der Waals surface area (Å²) in [5, 5.41) is 0. The van der Waals surface area contributed by atoms with E-state index in [2.05, 4.69) is 0 Å². The summed E-state index contributed by atoms with van der Waals surface area (Å²) in [6, 6.07) is 0. The second-order valence-electron chi connectivity index (χ2n) is 4.80. The third-order valence-electron chi connectivity index (χ3n) is 3.43. The van der Waals surface area contributed by atoms with Gasteiger partial charge in [0.15, 0.2) is 0 Å². The van der Waals surface area contributed by atoms with Crippen LogP contribution in [0.15, 0.2) is 0 Å². The number of carbonyl (C=O) groups excluding carboxylic acids is 2. The molecule has 0 spiro atoms. The number of amides is 2. The van der Waals surface area contributed by atoms with Crippen molar-refractivity contribution < 1.29 is 9.59 Å². The van der Waals surface area contributed by atoms with Gasteiger partial charge in [0.1, 0.15) is 0 Å². The maximum Gasteiger partial charge on any atom is 0.232 e. The highest BCUT2D eigenvalue weighted by Gasteiger charge is 2.42. The highest BCUT2D eigenvalue weighted by molar-refractivity contribution is 7.80. The van der Waals surface area contributed by atoms with Gasteiger partial charge in [0, 0.05) is 13.1 Å². The van der Waals surface area contributed by atoms with E-state index in [0.29, 0.717) is 25.9 Å². The van der Waals surface area contributed by atoms with Crippen molar-refractivity contribution in [3.05, 3.63) is 0 Å². The normalized spacial score (nSPS) is 25.6. The molecule has 96 valence electrons. The standard InChI is InChI=1S/C11H19N3O2S/c1-3-7(8(12)17)9(15)14-5-4-11(2,6-14)10(13)16/h7H,3-6H2,1-2H3,(H2,12,17)(H2,13,16). The number of nitrogens with two attached hydrogens (primary N) is 2. The Balaban J connectivity index is 2.74. The van der Waals surface area contributed by atoms with E-state index in [9.17, 15) is 9.59 Å². The average Bonchev–Trinajstić information content (AvgIpc) is 2.62. The van der Waals surface area contributed by atoms with Crippen molar-refractivity contribution in [3.8, 4) is 0 Å². The first-order valence-electron chi connectivity index (χ1n) is 5.70. The molecule has 0 aromatic heterocycles. The smallest absolute Gasteiger partial charge is 0.232 e. The molecule has 0 aromatic carbocycles. The molecule has 1 aliphatic heterocycles. The molecule has 1 fully saturated rings. The van der Waals surface area contributed by atoms with Crippen molar-refractivity contribution in [1.29, 1.82) is 0 Å². The molecular formula is C11H19N3O2S. The van der Waals surface area contributed by atoms with Gasteiger partial charge in [-0.15, -0.1) is 0 Å². The lowest BCUT2D eigenvalue weighted by Gasteiger charge is -2.24. The Morgan fingerprint density at radius 2 is 2.06 bits per heavy atom. The van der Waals surface area contributed by atoms with Crippen LogP contribution in [0.2, 0.25) is 0 Å². The van der Waals surface area contributed by atoms with Crippen molar-refractivity contribution in [3.63, 3.8) is 0 Å². The summed E-state index contributed by atoms with van der Waals surface area (Å²) in [7, 11) is 0. The van der Waals surface area contributed by atoms with Crippen molar-refractivity contribution >= 4 is 29.0 Å². The zero-order chi connectivity index (χ0) is 13.2. The van der Waals surface area contributed by atoms with Crippen LogP contribution in [0.1, 0.15) is 26.7 Å². The number of thiocarbonyl (C=S) groups is 1. The lowest BCUT2D eigenvalue weighted by molar-refractivity contribution is -0.133. The van der Waals surface area contributed by atoms with Gasteiger partial charge in [-0.1, -0.05) is 19.1 Å². The lowest BCUT2D eigenvalue weighted by Crippen LogP contribution is -2.43. The Labute approximate surface area is 107 Å². The molecular weight excluding hydrogens is 238 g/mol. The van der Waals surface area contributed by atoms with Crippen LogP contribution < -0.4 is 11.5 Å². The third-order valence-corrected chi connectivity index (χ3v) is 3.71. The molecule has 17 heavy (non-hydrogen) atoms. The number of carbonyl (C=O) groups is 2. The molecule has 0 aliphatic carbocycles. The Hall–Kier alpha value is -1.17. The molecule has 1 heterocycles. The van der Waals surface area contributed by atoms with Crippen LogP contribution >= 0.6 is 12.2 Å². The first-order chi connectivity index (χ1) is 7.81. The van der Waals surface area contributed by atoms with Gasteiger partial charge in [-0.2, -0.15) is 0 Å². The average molecular weight is 257 g/mol. The SMILES string of the molecule is CCC(C(=O)N1CCC(C)(C(N)=O)C1)C(N)=S. The monoisotopic (exact) mass is 257 g/mol. The lowest BCUT2D eigenvalue weighted by atomic mass is 9.89. The Kier molecular flexibility index (Phi) is 4.08. The Bertz CT molecular complexity index is 359. The van der Waals surface area contributed by atoms with Crippen LogP contribution in [0.25, 0.3) is 0 Å². The van der Waals surface area contributed by atoms with E-state index in [1.165, 1.54) is 0 Å². The molecule has 2 amide bonds. The number of likely N-dealkylation sites (tertiary alicyclic amines) is 1. The summed E-state index contributed by atoms with van der Waals surface area (Å²) < 4.78 is 0. The zero-order valence-corrected chi connectivity index (χ0v) is 11.0. The second kappa shape index (κ2) is 5.00. The van der Waals surface area contributed by atoms with Crippen molar-refractivity contribution in [2.75, 3.05) is 13.1 Å². The van der Waals surface area contributed by atoms with Crippen LogP contribution in [0, 0.1) is 11.3 Å². The maximum atomic E-state index is 12.1. The molecule has 5 nitrogen and oxygen atoms in total. The number of rotatable bonds is 4. The molecule has 1 aliphatic rings. The molecule has 0 bridgehead atoms. The predicted octanol–water partition coefficient (Wildman–Crippen LogP) is 0.0226. The van der Waals surface area contributed by atoms with Gasteiger partial charge in [-0.25, -0.2) is 0 Å². The van der Waals surface area contributed by atoms with Crippen LogP contribution in [-0.2, 0) is 9.59 Å². The fourth-order valence-electron chi connectivity index (χ4n) is 2.07. The zero-order valence-electron chi connectivity index (χ0n) is 10.2. The first-order valence-corrected chi connectivity index (χ1v) is 6.10. The van der Waals surface area contributed by atoms with Gasteiger partial charge in [0.2, 0.25) is 11.8 Å². The van der Waals surface area contributed by atoms with Crippen LogP contribution in [-0.4, -0.2) is 34.8 Å². The summed E-state index contributed by atoms with van der Waals surface area (Å²) in [6.45, 7) is 4.55. The van der Waals surface area contributed by atoms with Gasteiger partial charge in [-0.05, 0) is 19.8 Å². The molecule has 2 unspecified atom stereocenters. The number of primary amides is 1. The summed E-state index contributed by atoms with van der Waals surface area (Å²) >= 11 is 4.88. The summed E-state index contributed by atoms with van der Waals surface area (Å²) in [4.78, 5) is 25.3. The van der Waals surface area contributed by atoms with E-state index in [4.69, 9.17) is 23.7 Å². The van der Waals surface area contributed by atoms with Crippen LogP contribution in [0.3, 0.4) is 0 Å². The van der Waals surface area contributed by atoms with Crippen molar-refractivity contribution in [2.45, 2.75) is 26.7 Å². The van der Waals surface area contributed by atoms with Gasteiger partial charge in [0.25, 0.3) is 0 Å². The van der Waals surface area contributed by atoms with E-state index < -0.39 is 11.3 Å². The topological polar surface area (TPSA) is 89.4 Å². The van der Waals surface area contributed by atoms with E-state index in [1.54, 1.807) is 11.8 Å². The van der Waals surface area contributed by atoms with Gasteiger partial charge in [-0.3, -0.25) is 9.59 Å². The fraction of sp³-hybridized carbons (Fsp3) is 0.727. The highest BCUT2D eigenvalue weighted by Crippen LogP contribution is 2.30. The van der Waals surface area contributed by atoms with E-state index in [-0.39, 0.29) is 16.8 Å². The van der Waals surface area contributed by atoms with E-state index in [0.717, 1.165) is 0 Å². The highest BCUT2D eigenvalue weighted by atomic mass is 32.1. The summed E-state index contributed by atoms with van der Waals surface area (Å²) in [6.07, 6.45) is 1.18. The van der Waals surface area contributed by atoms with Gasteiger partial charge in [0.05, 0.1) is 16.3 Å². The molecule has 0 radical (unpaired) electrons. The fourth-order valence-corrected chi connectivity index (χ4v) is 2.34. The minimum absolute atomic E-state index is 0.0926. The molecule has 6 heteroatoms.